The Morgan fingerprint density at radius 1 is 1.14 bits per heavy atom. The van der Waals surface area contributed by atoms with Crippen LogP contribution < -0.4 is 0 Å². The van der Waals surface area contributed by atoms with E-state index in [1.54, 1.807) is 30.0 Å². The zero-order valence-corrected chi connectivity index (χ0v) is 16.0. The first-order chi connectivity index (χ1) is 13.4. The maximum Gasteiger partial charge on any atom is 0.258 e. The summed E-state index contributed by atoms with van der Waals surface area (Å²) in [4.78, 5) is 14.8. The number of carbonyl (C=O) groups is 1. The van der Waals surface area contributed by atoms with Gasteiger partial charge in [-0.15, -0.1) is 0 Å². The summed E-state index contributed by atoms with van der Waals surface area (Å²) in [5.41, 5.74) is 2.31. The SMILES string of the molecule is Cc1nn(-c2ccc(F)cc2)c(Cl)c1C(=O)N1CC[C@@H](c2cccc(F)c2)C1. The Morgan fingerprint density at radius 2 is 1.89 bits per heavy atom. The van der Waals surface area contributed by atoms with Gasteiger partial charge in [-0.25, -0.2) is 13.5 Å². The van der Waals surface area contributed by atoms with Crippen LogP contribution in [0.2, 0.25) is 5.15 Å². The number of aromatic nitrogens is 2. The van der Waals surface area contributed by atoms with Gasteiger partial charge in [0.15, 0.2) is 0 Å². The van der Waals surface area contributed by atoms with E-state index in [-0.39, 0.29) is 28.6 Å². The highest BCUT2D eigenvalue weighted by molar-refractivity contribution is 6.33. The molecule has 0 bridgehead atoms. The number of halogens is 3. The third kappa shape index (κ3) is 3.40. The average molecular weight is 402 g/mol. The molecule has 2 aromatic carbocycles. The fraction of sp³-hybridized carbons (Fsp3) is 0.238. The number of likely N-dealkylation sites (tertiary alicyclic amines) is 1. The van der Waals surface area contributed by atoms with E-state index in [0.29, 0.717) is 30.0 Å². The van der Waals surface area contributed by atoms with Gasteiger partial charge >= 0.3 is 0 Å². The van der Waals surface area contributed by atoms with Gasteiger partial charge in [0.05, 0.1) is 16.9 Å². The summed E-state index contributed by atoms with van der Waals surface area (Å²) in [6, 6.07) is 12.2. The number of aryl methyl sites for hydroxylation is 1. The topological polar surface area (TPSA) is 38.1 Å². The van der Waals surface area contributed by atoms with Crippen molar-refractivity contribution in [3.05, 3.63) is 82.1 Å². The normalized spacial score (nSPS) is 16.6. The molecule has 1 atom stereocenters. The van der Waals surface area contributed by atoms with Crippen molar-refractivity contribution in [3.63, 3.8) is 0 Å². The molecule has 144 valence electrons. The first-order valence-corrected chi connectivity index (χ1v) is 9.37. The number of hydrogen-bond acceptors (Lipinski definition) is 2. The lowest BCUT2D eigenvalue weighted by molar-refractivity contribution is 0.0790. The summed E-state index contributed by atoms with van der Waals surface area (Å²) in [6.07, 6.45) is 0.762. The molecule has 0 radical (unpaired) electrons. The van der Waals surface area contributed by atoms with Crippen LogP contribution >= 0.6 is 11.6 Å². The molecule has 4 nitrogen and oxygen atoms in total. The molecule has 0 spiro atoms. The van der Waals surface area contributed by atoms with Crippen molar-refractivity contribution < 1.29 is 13.6 Å². The molecule has 1 aliphatic heterocycles. The summed E-state index contributed by atoms with van der Waals surface area (Å²) in [5, 5.41) is 4.55. The monoisotopic (exact) mass is 401 g/mol. The van der Waals surface area contributed by atoms with Gasteiger partial charge in [-0.3, -0.25) is 4.79 Å². The van der Waals surface area contributed by atoms with E-state index in [4.69, 9.17) is 11.6 Å². The minimum atomic E-state index is -0.361. The predicted octanol–water partition coefficient (Wildman–Crippen LogP) is 4.74. The molecular weight excluding hydrogens is 384 g/mol. The van der Waals surface area contributed by atoms with Crippen molar-refractivity contribution in [1.82, 2.24) is 14.7 Å². The van der Waals surface area contributed by atoms with Crippen molar-refractivity contribution in [2.24, 2.45) is 0 Å². The Morgan fingerprint density at radius 3 is 2.61 bits per heavy atom. The Bertz CT molecular complexity index is 1030. The first-order valence-electron chi connectivity index (χ1n) is 9.00. The van der Waals surface area contributed by atoms with Crippen molar-refractivity contribution >= 4 is 17.5 Å². The van der Waals surface area contributed by atoms with Gasteiger partial charge in [0.2, 0.25) is 0 Å². The van der Waals surface area contributed by atoms with Gasteiger partial charge in [0.25, 0.3) is 5.91 Å². The van der Waals surface area contributed by atoms with E-state index in [1.165, 1.54) is 28.9 Å². The molecule has 0 aliphatic carbocycles. The first kappa shape index (κ1) is 18.6. The summed E-state index contributed by atoms with van der Waals surface area (Å²) >= 11 is 6.46. The fourth-order valence-corrected chi connectivity index (χ4v) is 3.98. The molecule has 2 heterocycles. The van der Waals surface area contributed by atoms with Crippen LogP contribution in [0.15, 0.2) is 48.5 Å². The molecular formula is C21H18ClF2N3O. The van der Waals surface area contributed by atoms with Crippen LogP contribution in [-0.4, -0.2) is 33.7 Å². The summed E-state index contributed by atoms with van der Waals surface area (Å²) in [6.45, 7) is 2.79. The van der Waals surface area contributed by atoms with Crippen LogP contribution in [-0.2, 0) is 0 Å². The second kappa shape index (κ2) is 7.36. The highest BCUT2D eigenvalue weighted by Gasteiger charge is 2.32. The average Bonchev–Trinajstić information content (AvgIpc) is 3.27. The van der Waals surface area contributed by atoms with E-state index in [2.05, 4.69) is 5.10 Å². The van der Waals surface area contributed by atoms with Crippen molar-refractivity contribution in [3.8, 4) is 5.69 Å². The van der Waals surface area contributed by atoms with E-state index in [1.807, 2.05) is 6.07 Å². The quantitative estimate of drug-likeness (QED) is 0.635. The van der Waals surface area contributed by atoms with E-state index >= 15 is 0 Å². The molecule has 1 aliphatic rings. The Labute approximate surface area is 166 Å². The Hall–Kier alpha value is -2.73. The Kier molecular flexibility index (Phi) is 4.89. The summed E-state index contributed by atoms with van der Waals surface area (Å²) in [5.74, 6) is -0.747. The summed E-state index contributed by atoms with van der Waals surface area (Å²) < 4.78 is 28.1. The summed E-state index contributed by atoms with van der Waals surface area (Å²) in [7, 11) is 0. The lowest BCUT2D eigenvalue weighted by Crippen LogP contribution is -2.29. The zero-order chi connectivity index (χ0) is 19.8. The standard InChI is InChI=1S/C21H18ClF2N3O/c1-13-19(20(22)27(25-13)18-7-5-16(23)6-8-18)21(28)26-10-9-15(12-26)14-3-2-4-17(24)11-14/h2-8,11,15H,9-10,12H2,1H3/t15-/m1/s1. The van der Waals surface area contributed by atoms with Crippen LogP contribution in [0.4, 0.5) is 8.78 Å². The molecule has 0 unspecified atom stereocenters. The minimum Gasteiger partial charge on any atom is -0.338 e. The molecule has 1 aromatic heterocycles. The zero-order valence-electron chi connectivity index (χ0n) is 15.2. The number of benzene rings is 2. The molecule has 1 fully saturated rings. The van der Waals surface area contributed by atoms with Crippen LogP contribution in [0, 0.1) is 18.6 Å². The van der Waals surface area contributed by atoms with E-state index in [0.717, 1.165) is 12.0 Å². The van der Waals surface area contributed by atoms with Gasteiger partial charge in [0, 0.05) is 19.0 Å². The second-order valence-electron chi connectivity index (χ2n) is 6.93. The largest absolute Gasteiger partial charge is 0.338 e. The molecule has 1 amide bonds. The van der Waals surface area contributed by atoms with Gasteiger partial charge < -0.3 is 4.90 Å². The second-order valence-corrected chi connectivity index (χ2v) is 7.29. The minimum absolute atomic E-state index is 0.0888. The highest BCUT2D eigenvalue weighted by atomic mass is 35.5. The fourth-order valence-electron chi connectivity index (χ4n) is 3.63. The third-order valence-corrected chi connectivity index (χ3v) is 5.43. The number of amides is 1. The molecule has 0 N–H and O–H groups in total. The molecule has 28 heavy (non-hydrogen) atoms. The molecule has 4 rings (SSSR count). The molecule has 0 saturated carbocycles. The highest BCUT2D eigenvalue weighted by Crippen LogP contribution is 2.31. The van der Waals surface area contributed by atoms with Gasteiger partial charge in [-0.05, 0) is 55.3 Å². The van der Waals surface area contributed by atoms with Crippen molar-refractivity contribution in [2.45, 2.75) is 19.3 Å². The molecule has 1 saturated heterocycles. The van der Waals surface area contributed by atoms with Gasteiger partial charge in [0.1, 0.15) is 16.8 Å². The molecule has 3 aromatic rings. The van der Waals surface area contributed by atoms with Crippen molar-refractivity contribution in [2.75, 3.05) is 13.1 Å². The Balaban J connectivity index is 1.58. The van der Waals surface area contributed by atoms with E-state index < -0.39 is 0 Å². The van der Waals surface area contributed by atoms with Crippen LogP contribution in [0.3, 0.4) is 0 Å². The lowest BCUT2D eigenvalue weighted by atomic mass is 9.98. The number of hydrogen-bond donors (Lipinski definition) is 0. The predicted molar refractivity (Wildman–Crippen MR) is 103 cm³/mol. The molecule has 7 heteroatoms. The van der Waals surface area contributed by atoms with E-state index in [9.17, 15) is 13.6 Å². The maximum atomic E-state index is 13.5. The van der Waals surface area contributed by atoms with Gasteiger partial charge in [-0.2, -0.15) is 5.10 Å². The third-order valence-electron chi connectivity index (χ3n) is 5.08. The smallest absolute Gasteiger partial charge is 0.258 e. The van der Waals surface area contributed by atoms with Gasteiger partial charge in [-0.1, -0.05) is 23.7 Å². The number of rotatable bonds is 3. The van der Waals surface area contributed by atoms with Crippen LogP contribution in [0.5, 0.6) is 0 Å². The number of carbonyl (C=O) groups excluding carboxylic acids is 1. The number of nitrogens with zero attached hydrogens (tertiary/aromatic N) is 3. The van der Waals surface area contributed by atoms with Crippen LogP contribution in [0.25, 0.3) is 5.69 Å². The van der Waals surface area contributed by atoms with Crippen molar-refractivity contribution in [1.29, 1.82) is 0 Å². The lowest BCUT2D eigenvalue weighted by Gasteiger charge is -2.17. The maximum absolute atomic E-state index is 13.5. The van der Waals surface area contributed by atoms with Crippen LogP contribution in [0.1, 0.15) is 34.0 Å².